The first-order valence-corrected chi connectivity index (χ1v) is 8.76. The molecule has 0 spiro atoms. The van der Waals surface area contributed by atoms with Crippen molar-refractivity contribution in [3.8, 4) is 11.4 Å². The van der Waals surface area contributed by atoms with Crippen molar-refractivity contribution in [2.75, 3.05) is 6.54 Å². The molecule has 6 heteroatoms. The SMILES string of the molecule is O=C(c1cnc(-c2cccnc2)nc1)N1CCCC[C@@H]1c1cccnc1. The predicted octanol–water partition coefficient (Wildman–Crippen LogP) is 3.30. The van der Waals surface area contributed by atoms with Gasteiger partial charge in [-0.25, -0.2) is 9.97 Å². The standard InChI is InChI=1S/C20H19N5O/c26-20(17-13-23-19(24-14-17)16-6-4-9-22-12-16)25-10-2-1-7-18(25)15-5-3-8-21-11-15/h3-6,8-9,11-14,18H,1-2,7,10H2/t18-/m1/s1. The number of rotatable bonds is 3. The lowest BCUT2D eigenvalue weighted by Crippen LogP contribution is -2.38. The summed E-state index contributed by atoms with van der Waals surface area (Å²) in [5, 5.41) is 0. The molecule has 130 valence electrons. The number of pyridine rings is 2. The first kappa shape index (κ1) is 16.3. The number of amides is 1. The summed E-state index contributed by atoms with van der Waals surface area (Å²) in [6.07, 6.45) is 13.3. The van der Waals surface area contributed by atoms with Crippen LogP contribution < -0.4 is 0 Å². The zero-order valence-corrected chi connectivity index (χ0v) is 14.3. The fourth-order valence-electron chi connectivity index (χ4n) is 3.34. The second kappa shape index (κ2) is 7.39. The van der Waals surface area contributed by atoms with Crippen LogP contribution in [-0.2, 0) is 0 Å². The van der Waals surface area contributed by atoms with Gasteiger partial charge in [-0.1, -0.05) is 6.07 Å². The van der Waals surface area contributed by atoms with Crippen LogP contribution >= 0.6 is 0 Å². The molecule has 6 nitrogen and oxygen atoms in total. The maximum absolute atomic E-state index is 13.0. The third-order valence-electron chi connectivity index (χ3n) is 4.65. The molecule has 0 unspecified atom stereocenters. The molecule has 4 rings (SSSR count). The van der Waals surface area contributed by atoms with E-state index in [0.717, 1.165) is 36.9 Å². The van der Waals surface area contributed by atoms with Gasteiger partial charge in [-0.15, -0.1) is 0 Å². The minimum atomic E-state index is -0.0312. The van der Waals surface area contributed by atoms with Crippen molar-refractivity contribution >= 4 is 5.91 Å². The molecule has 3 aromatic heterocycles. The molecule has 1 atom stereocenters. The Morgan fingerprint density at radius 3 is 2.42 bits per heavy atom. The van der Waals surface area contributed by atoms with E-state index in [9.17, 15) is 4.79 Å². The molecule has 1 amide bonds. The Kier molecular flexibility index (Phi) is 4.64. The van der Waals surface area contributed by atoms with Crippen LogP contribution in [0.5, 0.6) is 0 Å². The fourth-order valence-corrected chi connectivity index (χ4v) is 3.34. The van der Waals surface area contributed by atoms with Gasteiger partial charge in [0.1, 0.15) is 0 Å². The number of likely N-dealkylation sites (tertiary alicyclic amines) is 1. The highest BCUT2D eigenvalue weighted by molar-refractivity contribution is 5.94. The number of carbonyl (C=O) groups excluding carboxylic acids is 1. The lowest BCUT2D eigenvalue weighted by atomic mass is 9.96. The van der Waals surface area contributed by atoms with Gasteiger partial charge in [0.15, 0.2) is 5.82 Å². The van der Waals surface area contributed by atoms with Crippen LogP contribution in [0.1, 0.15) is 41.2 Å². The second-order valence-corrected chi connectivity index (χ2v) is 6.33. The molecule has 0 bridgehead atoms. The van der Waals surface area contributed by atoms with Crippen molar-refractivity contribution in [2.45, 2.75) is 25.3 Å². The van der Waals surface area contributed by atoms with Gasteiger partial charge in [0.2, 0.25) is 0 Å². The van der Waals surface area contributed by atoms with Gasteiger partial charge in [0, 0.05) is 49.3 Å². The lowest BCUT2D eigenvalue weighted by molar-refractivity contribution is 0.0610. The molecule has 1 saturated heterocycles. The van der Waals surface area contributed by atoms with E-state index in [1.165, 1.54) is 0 Å². The molecule has 0 saturated carbocycles. The molecule has 0 N–H and O–H groups in total. The normalized spacial score (nSPS) is 17.1. The molecule has 1 fully saturated rings. The monoisotopic (exact) mass is 345 g/mol. The van der Waals surface area contributed by atoms with Gasteiger partial charge in [-0.05, 0) is 43.0 Å². The number of hydrogen-bond donors (Lipinski definition) is 0. The van der Waals surface area contributed by atoms with Crippen LogP contribution in [0.2, 0.25) is 0 Å². The molecular weight excluding hydrogens is 326 g/mol. The van der Waals surface area contributed by atoms with Crippen LogP contribution in [0.4, 0.5) is 0 Å². The highest BCUT2D eigenvalue weighted by atomic mass is 16.2. The third kappa shape index (κ3) is 3.31. The second-order valence-electron chi connectivity index (χ2n) is 6.33. The van der Waals surface area contributed by atoms with Crippen LogP contribution in [0, 0.1) is 0 Å². The summed E-state index contributed by atoms with van der Waals surface area (Å²) in [6.45, 7) is 0.739. The van der Waals surface area contributed by atoms with Gasteiger partial charge in [-0.3, -0.25) is 14.8 Å². The van der Waals surface area contributed by atoms with Crippen LogP contribution in [-0.4, -0.2) is 37.3 Å². The Balaban J connectivity index is 1.58. The van der Waals surface area contributed by atoms with Crippen molar-refractivity contribution in [3.63, 3.8) is 0 Å². The molecule has 1 aliphatic heterocycles. The van der Waals surface area contributed by atoms with Crippen LogP contribution in [0.3, 0.4) is 0 Å². The van der Waals surface area contributed by atoms with Crippen molar-refractivity contribution in [3.05, 3.63) is 72.6 Å². The summed E-state index contributed by atoms with van der Waals surface area (Å²) in [5.74, 6) is 0.536. The van der Waals surface area contributed by atoms with Gasteiger partial charge in [-0.2, -0.15) is 0 Å². The highest BCUT2D eigenvalue weighted by Crippen LogP contribution is 2.31. The molecule has 26 heavy (non-hydrogen) atoms. The zero-order chi connectivity index (χ0) is 17.8. The van der Waals surface area contributed by atoms with E-state index in [0.29, 0.717) is 11.4 Å². The fraction of sp³-hybridized carbons (Fsp3) is 0.250. The predicted molar refractivity (Wildman–Crippen MR) is 97.1 cm³/mol. The van der Waals surface area contributed by atoms with E-state index in [4.69, 9.17) is 0 Å². The molecule has 0 aliphatic carbocycles. The summed E-state index contributed by atoms with van der Waals surface area (Å²) in [6, 6.07) is 7.74. The Hall–Kier alpha value is -3.15. The Labute approximate surface area is 152 Å². The van der Waals surface area contributed by atoms with E-state index in [-0.39, 0.29) is 11.9 Å². The smallest absolute Gasteiger partial charge is 0.257 e. The van der Waals surface area contributed by atoms with Crippen molar-refractivity contribution in [1.82, 2.24) is 24.8 Å². The first-order valence-electron chi connectivity index (χ1n) is 8.76. The molecule has 0 aromatic carbocycles. The molecule has 4 heterocycles. The summed E-state index contributed by atoms with van der Waals surface area (Å²) in [7, 11) is 0. The summed E-state index contributed by atoms with van der Waals surface area (Å²) in [5.41, 5.74) is 2.42. The maximum Gasteiger partial charge on any atom is 0.257 e. The highest BCUT2D eigenvalue weighted by Gasteiger charge is 2.29. The Bertz CT molecular complexity index is 868. The van der Waals surface area contributed by atoms with E-state index < -0.39 is 0 Å². The molecule has 3 aromatic rings. The van der Waals surface area contributed by atoms with Crippen LogP contribution in [0.15, 0.2) is 61.4 Å². The zero-order valence-electron chi connectivity index (χ0n) is 14.3. The van der Waals surface area contributed by atoms with Crippen LogP contribution in [0.25, 0.3) is 11.4 Å². The van der Waals surface area contributed by atoms with E-state index >= 15 is 0 Å². The molecular formula is C20H19N5O. The average molecular weight is 345 g/mol. The average Bonchev–Trinajstić information content (AvgIpc) is 2.75. The van der Waals surface area contributed by atoms with E-state index in [1.807, 2.05) is 35.4 Å². The number of nitrogens with zero attached hydrogens (tertiary/aromatic N) is 5. The Morgan fingerprint density at radius 1 is 0.962 bits per heavy atom. The summed E-state index contributed by atoms with van der Waals surface area (Å²) in [4.78, 5) is 31.9. The van der Waals surface area contributed by atoms with Crippen molar-refractivity contribution in [1.29, 1.82) is 0 Å². The maximum atomic E-state index is 13.0. The number of piperidine rings is 1. The summed E-state index contributed by atoms with van der Waals surface area (Å²) < 4.78 is 0. The molecule has 1 aliphatic rings. The van der Waals surface area contributed by atoms with Gasteiger partial charge in [0.25, 0.3) is 5.91 Å². The van der Waals surface area contributed by atoms with E-state index in [2.05, 4.69) is 19.9 Å². The van der Waals surface area contributed by atoms with E-state index in [1.54, 1.807) is 31.0 Å². The number of hydrogen-bond acceptors (Lipinski definition) is 5. The van der Waals surface area contributed by atoms with Gasteiger partial charge >= 0.3 is 0 Å². The largest absolute Gasteiger partial charge is 0.331 e. The lowest BCUT2D eigenvalue weighted by Gasteiger charge is -2.35. The summed E-state index contributed by atoms with van der Waals surface area (Å²) >= 11 is 0. The van der Waals surface area contributed by atoms with Gasteiger partial charge < -0.3 is 4.90 Å². The van der Waals surface area contributed by atoms with Gasteiger partial charge in [0.05, 0.1) is 11.6 Å². The quantitative estimate of drug-likeness (QED) is 0.728. The number of carbonyl (C=O) groups is 1. The first-order chi connectivity index (χ1) is 12.8. The van der Waals surface area contributed by atoms with Crippen molar-refractivity contribution in [2.24, 2.45) is 0 Å². The third-order valence-corrected chi connectivity index (χ3v) is 4.65. The number of aromatic nitrogens is 4. The van der Waals surface area contributed by atoms with Crippen molar-refractivity contribution < 1.29 is 4.79 Å². The minimum absolute atomic E-state index is 0.0312. The Morgan fingerprint density at radius 2 is 1.73 bits per heavy atom. The minimum Gasteiger partial charge on any atom is -0.331 e. The topological polar surface area (TPSA) is 71.9 Å². The molecule has 0 radical (unpaired) electrons.